The van der Waals surface area contributed by atoms with Crippen molar-refractivity contribution < 1.29 is 22.7 Å². The molecule has 1 aliphatic heterocycles. The van der Waals surface area contributed by atoms with Gasteiger partial charge in [-0.3, -0.25) is 4.79 Å². The molecule has 1 aliphatic carbocycles. The number of ketones is 1. The standard InChI is InChI=1S/C20H24N2O5S/c1-12-10-16(20(24)27-15-7-5-6-14(23)11-15)13(2)18-17(21-22(3)4)8-9-28(25,26)19(12)18/h10-11H,5-9H2,1-4H3. The van der Waals surface area contributed by atoms with E-state index in [1.807, 2.05) is 0 Å². The second kappa shape index (κ2) is 7.50. The molecule has 0 saturated carbocycles. The number of carbonyl (C=O) groups is 2. The molecule has 0 spiro atoms. The van der Waals surface area contributed by atoms with Crippen molar-refractivity contribution in [3.63, 3.8) is 0 Å². The van der Waals surface area contributed by atoms with E-state index in [-0.39, 0.29) is 22.9 Å². The lowest BCUT2D eigenvalue weighted by Gasteiger charge is -2.25. The van der Waals surface area contributed by atoms with Gasteiger partial charge in [-0.25, -0.2) is 13.2 Å². The molecule has 8 heteroatoms. The molecular formula is C20H24N2O5S. The highest BCUT2D eigenvalue weighted by atomic mass is 32.2. The van der Waals surface area contributed by atoms with Crippen LogP contribution in [0.25, 0.3) is 0 Å². The molecule has 7 nitrogen and oxygen atoms in total. The molecule has 0 atom stereocenters. The summed E-state index contributed by atoms with van der Waals surface area (Å²) in [6.07, 6.45) is 3.29. The van der Waals surface area contributed by atoms with Crippen molar-refractivity contribution in [2.75, 3.05) is 19.8 Å². The first-order valence-corrected chi connectivity index (χ1v) is 10.8. The number of allylic oxidation sites excluding steroid dienone is 2. The molecule has 28 heavy (non-hydrogen) atoms. The number of hydrazone groups is 1. The lowest BCUT2D eigenvalue weighted by atomic mass is 9.94. The average Bonchev–Trinajstić information content (AvgIpc) is 2.59. The number of rotatable bonds is 3. The molecule has 0 unspecified atom stereocenters. The van der Waals surface area contributed by atoms with Gasteiger partial charge in [0, 0.05) is 45.0 Å². The number of fused-ring (bicyclic) bond motifs is 1. The van der Waals surface area contributed by atoms with Gasteiger partial charge in [-0.2, -0.15) is 5.10 Å². The second-order valence-corrected chi connectivity index (χ2v) is 9.40. The predicted octanol–water partition coefficient (Wildman–Crippen LogP) is 2.54. The van der Waals surface area contributed by atoms with Crippen LogP contribution in [0, 0.1) is 13.8 Å². The molecule has 1 aromatic rings. The molecule has 0 radical (unpaired) electrons. The molecule has 0 aromatic heterocycles. The number of ether oxygens (including phenoxy) is 1. The van der Waals surface area contributed by atoms with Crippen LogP contribution in [0.2, 0.25) is 0 Å². The fraction of sp³-hybridized carbons (Fsp3) is 0.450. The average molecular weight is 404 g/mol. The number of aryl methyl sites for hydroxylation is 1. The second-order valence-electron chi connectivity index (χ2n) is 7.35. The molecule has 0 bridgehead atoms. The van der Waals surface area contributed by atoms with E-state index in [9.17, 15) is 18.0 Å². The van der Waals surface area contributed by atoms with Gasteiger partial charge in [0.25, 0.3) is 0 Å². The van der Waals surface area contributed by atoms with Crippen molar-refractivity contribution >= 4 is 27.3 Å². The molecule has 2 aliphatic rings. The molecule has 0 amide bonds. The largest absolute Gasteiger partial charge is 0.427 e. The van der Waals surface area contributed by atoms with Crippen LogP contribution in [-0.2, 0) is 19.4 Å². The Kier molecular flexibility index (Phi) is 5.43. The lowest BCUT2D eigenvalue weighted by molar-refractivity contribution is -0.115. The Morgan fingerprint density at radius 2 is 1.89 bits per heavy atom. The van der Waals surface area contributed by atoms with Gasteiger partial charge < -0.3 is 9.75 Å². The number of hydrogen-bond acceptors (Lipinski definition) is 7. The zero-order valence-corrected chi connectivity index (χ0v) is 17.4. The summed E-state index contributed by atoms with van der Waals surface area (Å²) >= 11 is 0. The fourth-order valence-electron chi connectivity index (χ4n) is 3.67. The Hall–Kier alpha value is -2.48. The third kappa shape index (κ3) is 3.87. The number of hydrogen-bond donors (Lipinski definition) is 0. The first-order chi connectivity index (χ1) is 13.1. The maximum atomic E-state index is 12.8. The minimum atomic E-state index is -3.45. The Bertz CT molecular complexity index is 1020. The van der Waals surface area contributed by atoms with Gasteiger partial charge >= 0.3 is 5.97 Å². The monoisotopic (exact) mass is 404 g/mol. The fourth-order valence-corrected chi connectivity index (χ4v) is 5.47. The van der Waals surface area contributed by atoms with E-state index in [1.54, 1.807) is 39.0 Å². The van der Waals surface area contributed by atoms with E-state index in [0.29, 0.717) is 53.0 Å². The van der Waals surface area contributed by atoms with Crippen LogP contribution in [0.5, 0.6) is 0 Å². The molecule has 1 aromatic carbocycles. The number of sulfone groups is 1. The van der Waals surface area contributed by atoms with Gasteiger partial charge in [0.1, 0.15) is 5.76 Å². The maximum Gasteiger partial charge on any atom is 0.343 e. The van der Waals surface area contributed by atoms with Gasteiger partial charge in [0.2, 0.25) is 0 Å². The molecule has 1 heterocycles. The topological polar surface area (TPSA) is 93.1 Å². The molecule has 0 saturated heterocycles. The summed E-state index contributed by atoms with van der Waals surface area (Å²) in [6.45, 7) is 3.38. The first kappa shape index (κ1) is 20.3. The smallest absolute Gasteiger partial charge is 0.343 e. The number of carbonyl (C=O) groups excluding carboxylic acids is 2. The summed E-state index contributed by atoms with van der Waals surface area (Å²) in [5.41, 5.74) is 2.43. The van der Waals surface area contributed by atoms with E-state index < -0.39 is 15.8 Å². The minimum absolute atomic E-state index is 0.00819. The molecular weight excluding hydrogens is 380 g/mol. The lowest BCUT2D eigenvalue weighted by Crippen LogP contribution is -2.27. The van der Waals surface area contributed by atoms with E-state index in [1.165, 1.54) is 6.08 Å². The summed E-state index contributed by atoms with van der Waals surface area (Å²) in [6, 6.07) is 1.55. The zero-order valence-electron chi connectivity index (χ0n) is 16.5. The van der Waals surface area contributed by atoms with Crippen LogP contribution in [0.15, 0.2) is 27.9 Å². The molecule has 3 rings (SSSR count). The number of nitrogens with zero attached hydrogens (tertiary/aromatic N) is 2. The van der Waals surface area contributed by atoms with Crippen LogP contribution in [0.3, 0.4) is 0 Å². The van der Waals surface area contributed by atoms with E-state index in [4.69, 9.17) is 4.74 Å². The van der Waals surface area contributed by atoms with Crippen molar-refractivity contribution in [1.82, 2.24) is 5.01 Å². The third-order valence-electron chi connectivity index (χ3n) is 4.86. The normalized spacial score (nSPS) is 19.8. The van der Waals surface area contributed by atoms with E-state index in [2.05, 4.69) is 5.10 Å². The van der Waals surface area contributed by atoms with Crippen molar-refractivity contribution in [3.05, 3.63) is 40.2 Å². The molecule has 0 fully saturated rings. The summed E-state index contributed by atoms with van der Waals surface area (Å²) in [5, 5.41) is 6.07. The van der Waals surface area contributed by atoms with Gasteiger partial charge in [0.15, 0.2) is 15.6 Å². The van der Waals surface area contributed by atoms with Gasteiger partial charge in [-0.15, -0.1) is 0 Å². The summed E-state index contributed by atoms with van der Waals surface area (Å²) in [4.78, 5) is 24.6. The molecule has 0 N–H and O–H groups in total. The van der Waals surface area contributed by atoms with Crippen LogP contribution < -0.4 is 0 Å². The van der Waals surface area contributed by atoms with Crippen LogP contribution >= 0.6 is 0 Å². The number of benzene rings is 1. The van der Waals surface area contributed by atoms with Crippen LogP contribution in [-0.4, -0.2) is 50.7 Å². The quantitative estimate of drug-likeness (QED) is 0.568. The maximum absolute atomic E-state index is 12.8. The van der Waals surface area contributed by atoms with Gasteiger partial charge in [-0.1, -0.05) is 0 Å². The van der Waals surface area contributed by atoms with Crippen molar-refractivity contribution in [1.29, 1.82) is 0 Å². The highest BCUT2D eigenvalue weighted by Gasteiger charge is 2.33. The highest BCUT2D eigenvalue weighted by molar-refractivity contribution is 7.91. The third-order valence-corrected chi connectivity index (χ3v) is 6.75. The first-order valence-electron chi connectivity index (χ1n) is 9.18. The Balaban J connectivity index is 2.11. The number of esters is 1. The van der Waals surface area contributed by atoms with Crippen LogP contribution in [0.1, 0.15) is 52.7 Å². The van der Waals surface area contributed by atoms with Gasteiger partial charge in [0.05, 0.1) is 21.9 Å². The minimum Gasteiger partial charge on any atom is -0.427 e. The van der Waals surface area contributed by atoms with Crippen molar-refractivity contribution in [3.8, 4) is 0 Å². The summed E-state index contributed by atoms with van der Waals surface area (Å²) in [7, 11) is 0.0846. The van der Waals surface area contributed by atoms with Crippen LogP contribution in [0.4, 0.5) is 0 Å². The highest BCUT2D eigenvalue weighted by Crippen LogP contribution is 2.34. The van der Waals surface area contributed by atoms with Crippen molar-refractivity contribution in [2.24, 2.45) is 5.10 Å². The predicted molar refractivity (Wildman–Crippen MR) is 105 cm³/mol. The zero-order chi connectivity index (χ0) is 20.6. The molecule has 150 valence electrons. The Morgan fingerprint density at radius 1 is 1.18 bits per heavy atom. The van der Waals surface area contributed by atoms with Crippen molar-refractivity contribution in [2.45, 2.75) is 44.4 Å². The van der Waals surface area contributed by atoms with E-state index in [0.717, 1.165) is 0 Å². The SMILES string of the molecule is Cc1cc(C(=O)OC2=CC(=O)CCC2)c(C)c2c1S(=O)(=O)CCC2=NN(C)C. The summed E-state index contributed by atoms with van der Waals surface area (Å²) in [5.74, 6) is -0.299. The van der Waals surface area contributed by atoms with Gasteiger partial charge in [-0.05, 0) is 37.5 Å². The summed E-state index contributed by atoms with van der Waals surface area (Å²) < 4.78 is 30.8. The Morgan fingerprint density at radius 3 is 2.54 bits per heavy atom. The van der Waals surface area contributed by atoms with E-state index >= 15 is 0 Å². The Labute approximate surface area is 165 Å².